The van der Waals surface area contributed by atoms with Crippen LogP contribution in [0.3, 0.4) is 0 Å². The summed E-state index contributed by atoms with van der Waals surface area (Å²) < 4.78 is 18.2. The predicted octanol–water partition coefficient (Wildman–Crippen LogP) is 3.58. The second-order valence-electron chi connectivity index (χ2n) is 6.93. The van der Waals surface area contributed by atoms with Crippen LogP contribution in [0.15, 0.2) is 53.4 Å². The molecule has 6 nitrogen and oxygen atoms in total. The van der Waals surface area contributed by atoms with Gasteiger partial charge in [0.05, 0.1) is 11.6 Å². The van der Waals surface area contributed by atoms with E-state index in [1.165, 1.54) is 36.0 Å². The zero-order valence-corrected chi connectivity index (χ0v) is 17.4. The molecule has 0 atom stereocenters. The van der Waals surface area contributed by atoms with Gasteiger partial charge in [0.2, 0.25) is 0 Å². The molecule has 1 N–H and O–H groups in total. The molecular weight excluding hydrogens is 407 g/mol. The molecule has 0 spiro atoms. The fourth-order valence-electron chi connectivity index (χ4n) is 3.28. The molecule has 1 fully saturated rings. The highest BCUT2D eigenvalue weighted by molar-refractivity contribution is 7.98. The molecule has 2 aromatic carbocycles. The highest BCUT2D eigenvalue weighted by atomic mass is 32.2. The van der Waals surface area contributed by atoms with Gasteiger partial charge in [-0.25, -0.2) is 4.39 Å². The number of rotatable bonds is 6. The number of carbonyl (C=O) groups excluding carboxylic acids is 3. The fraction of sp³-hybridized carbons (Fsp3) is 0.318. The number of ether oxygens (including phenoxy) is 1. The maximum atomic E-state index is 13.0. The van der Waals surface area contributed by atoms with Gasteiger partial charge in [0.1, 0.15) is 5.82 Å². The van der Waals surface area contributed by atoms with Crippen molar-refractivity contribution >= 4 is 35.2 Å². The number of esters is 1. The van der Waals surface area contributed by atoms with Gasteiger partial charge >= 0.3 is 5.97 Å². The third-order valence-electron chi connectivity index (χ3n) is 4.93. The molecule has 0 saturated carbocycles. The lowest BCUT2D eigenvalue weighted by Crippen LogP contribution is -2.41. The zero-order chi connectivity index (χ0) is 21.5. The van der Waals surface area contributed by atoms with Crippen LogP contribution in [0.4, 0.5) is 10.1 Å². The Bertz CT molecular complexity index is 912. The lowest BCUT2D eigenvalue weighted by Gasteiger charge is -2.31. The summed E-state index contributed by atoms with van der Waals surface area (Å²) in [6.07, 6.45) is 2.84. The molecule has 8 heteroatoms. The van der Waals surface area contributed by atoms with Crippen molar-refractivity contribution in [2.45, 2.75) is 17.7 Å². The molecule has 158 valence electrons. The normalized spacial score (nSPS) is 14.3. The Balaban J connectivity index is 1.44. The Labute approximate surface area is 178 Å². The van der Waals surface area contributed by atoms with Crippen molar-refractivity contribution in [3.63, 3.8) is 0 Å². The number of nitrogens with zero attached hydrogens (tertiary/aromatic N) is 1. The molecule has 0 aromatic heterocycles. The van der Waals surface area contributed by atoms with E-state index in [2.05, 4.69) is 5.32 Å². The first-order valence-electron chi connectivity index (χ1n) is 9.62. The van der Waals surface area contributed by atoms with E-state index >= 15 is 0 Å². The number of hydrogen-bond donors (Lipinski definition) is 1. The van der Waals surface area contributed by atoms with Gasteiger partial charge in [0.25, 0.3) is 11.8 Å². The second kappa shape index (κ2) is 10.2. The number of para-hydroxylation sites is 1. The van der Waals surface area contributed by atoms with Gasteiger partial charge in [-0.1, -0.05) is 12.1 Å². The Morgan fingerprint density at radius 1 is 1.10 bits per heavy atom. The van der Waals surface area contributed by atoms with Crippen LogP contribution in [-0.2, 0) is 14.3 Å². The molecule has 2 aromatic rings. The van der Waals surface area contributed by atoms with Crippen LogP contribution in [-0.4, -0.2) is 48.6 Å². The van der Waals surface area contributed by atoms with Crippen LogP contribution in [0.2, 0.25) is 0 Å². The molecule has 0 unspecified atom stereocenters. The summed E-state index contributed by atoms with van der Waals surface area (Å²) in [6.45, 7) is 0.461. The first-order valence-corrected chi connectivity index (χ1v) is 10.8. The summed E-state index contributed by atoms with van der Waals surface area (Å²) in [4.78, 5) is 39.5. The van der Waals surface area contributed by atoms with E-state index in [0.29, 0.717) is 37.2 Å². The second-order valence-corrected chi connectivity index (χ2v) is 7.78. The maximum Gasteiger partial charge on any atom is 0.309 e. The molecule has 1 aliphatic rings. The SMILES string of the molecule is CSc1ccccc1NC(=O)COC(=O)C1CCN(C(=O)c2ccc(F)cc2)CC1. The quantitative estimate of drug-likeness (QED) is 0.560. The molecule has 3 rings (SSSR count). The van der Waals surface area contributed by atoms with Gasteiger partial charge in [0, 0.05) is 23.5 Å². The fourth-order valence-corrected chi connectivity index (χ4v) is 3.84. The smallest absolute Gasteiger partial charge is 0.309 e. The Hall–Kier alpha value is -2.87. The van der Waals surface area contributed by atoms with E-state index in [1.807, 2.05) is 24.5 Å². The number of piperidine rings is 1. The molecule has 0 radical (unpaired) electrons. The number of halogens is 1. The van der Waals surface area contributed by atoms with Crippen molar-refractivity contribution in [1.29, 1.82) is 0 Å². The molecule has 1 saturated heterocycles. The van der Waals surface area contributed by atoms with Gasteiger partial charge in [0.15, 0.2) is 6.61 Å². The molecular formula is C22H23FN2O4S. The van der Waals surface area contributed by atoms with Gasteiger partial charge < -0.3 is 15.0 Å². The van der Waals surface area contributed by atoms with Crippen molar-refractivity contribution in [2.75, 3.05) is 31.3 Å². The van der Waals surface area contributed by atoms with Crippen molar-refractivity contribution in [2.24, 2.45) is 5.92 Å². The van der Waals surface area contributed by atoms with Crippen LogP contribution in [0.5, 0.6) is 0 Å². The summed E-state index contributed by atoms with van der Waals surface area (Å²) in [7, 11) is 0. The van der Waals surface area contributed by atoms with Crippen molar-refractivity contribution < 1.29 is 23.5 Å². The van der Waals surface area contributed by atoms with Gasteiger partial charge in [-0.3, -0.25) is 14.4 Å². The lowest BCUT2D eigenvalue weighted by molar-refractivity contribution is -0.152. The molecule has 30 heavy (non-hydrogen) atoms. The summed E-state index contributed by atoms with van der Waals surface area (Å²) >= 11 is 1.51. The van der Waals surface area contributed by atoms with Crippen molar-refractivity contribution in [3.8, 4) is 0 Å². The monoisotopic (exact) mass is 430 g/mol. The zero-order valence-electron chi connectivity index (χ0n) is 16.6. The minimum Gasteiger partial charge on any atom is -0.455 e. The molecule has 2 amide bonds. The van der Waals surface area contributed by atoms with E-state index in [0.717, 1.165) is 4.90 Å². The summed E-state index contributed by atoms with van der Waals surface area (Å²) in [5.41, 5.74) is 1.10. The van der Waals surface area contributed by atoms with Gasteiger partial charge in [-0.2, -0.15) is 0 Å². The van der Waals surface area contributed by atoms with E-state index in [1.54, 1.807) is 11.0 Å². The van der Waals surface area contributed by atoms with E-state index in [4.69, 9.17) is 4.74 Å². The highest BCUT2D eigenvalue weighted by Crippen LogP contribution is 2.24. The topological polar surface area (TPSA) is 75.7 Å². The summed E-state index contributed by atoms with van der Waals surface area (Å²) in [6, 6.07) is 12.8. The molecule has 0 bridgehead atoms. The van der Waals surface area contributed by atoms with E-state index < -0.39 is 17.7 Å². The maximum absolute atomic E-state index is 13.0. The number of carbonyl (C=O) groups is 3. The number of amides is 2. The third kappa shape index (κ3) is 5.60. The van der Waals surface area contributed by atoms with Crippen molar-refractivity contribution in [3.05, 3.63) is 59.9 Å². The largest absolute Gasteiger partial charge is 0.455 e. The third-order valence-corrected chi connectivity index (χ3v) is 5.73. The standard InChI is InChI=1S/C22H23FN2O4S/c1-30-19-5-3-2-4-18(19)24-20(26)14-29-22(28)16-10-12-25(13-11-16)21(27)15-6-8-17(23)9-7-15/h2-9,16H,10-14H2,1H3,(H,24,26). The predicted molar refractivity (Wildman–Crippen MR) is 113 cm³/mol. The minimum atomic E-state index is -0.433. The Morgan fingerprint density at radius 3 is 2.43 bits per heavy atom. The van der Waals surface area contributed by atoms with Crippen LogP contribution in [0.25, 0.3) is 0 Å². The first kappa shape index (κ1) is 21.8. The number of hydrogen-bond acceptors (Lipinski definition) is 5. The Kier molecular flexibility index (Phi) is 7.46. The van der Waals surface area contributed by atoms with Crippen LogP contribution in [0.1, 0.15) is 23.2 Å². The Morgan fingerprint density at radius 2 is 1.77 bits per heavy atom. The average molecular weight is 431 g/mol. The van der Waals surface area contributed by atoms with Crippen LogP contribution >= 0.6 is 11.8 Å². The van der Waals surface area contributed by atoms with Crippen LogP contribution in [0, 0.1) is 11.7 Å². The summed E-state index contributed by atoms with van der Waals surface area (Å²) in [5.74, 6) is -1.76. The van der Waals surface area contributed by atoms with Gasteiger partial charge in [-0.05, 0) is 55.5 Å². The average Bonchev–Trinajstić information content (AvgIpc) is 2.78. The number of benzene rings is 2. The van der Waals surface area contributed by atoms with Crippen LogP contribution < -0.4 is 5.32 Å². The molecule has 1 heterocycles. The summed E-state index contributed by atoms with van der Waals surface area (Å²) in [5, 5.41) is 2.75. The van der Waals surface area contributed by atoms with Crippen molar-refractivity contribution in [1.82, 2.24) is 4.90 Å². The van der Waals surface area contributed by atoms with E-state index in [-0.39, 0.29) is 18.4 Å². The first-order chi connectivity index (χ1) is 14.5. The van der Waals surface area contributed by atoms with E-state index in [9.17, 15) is 18.8 Å². The highest BCUT2D eigenvalue weighted by Gasteiger charge is 2.29. The number of nitrogens with one attached hydrogen (secondary N) is 1. The van der Waals surface area contributed by atoms with Gasteiger partial charge in [-0.15, -0.1) is 11.8 Å². The minimum absolute atomic E-state index is 0.186. The molecule has 0 aliphatic carbocycles. The molecule has 1 aliphatic heterocycles. The lowest BCUT2D eigenvalue weighted by atomic mass is 9.96. The number of thioether (sulfide) groups is 1. The number of likely N-dealkylation sites (tertiary alicyclic amines) is 1. The number of anilines is 1.